The van der Waals surface area contributed by atoms with Gasteiger partial charge in [0, 0.05) is 10.0 Å². The fourth-order valence-corrected chi connectivity index (χ4v) is 2.06. The van der Waals surface area contributed by atoms with Crippen molar-refractivity contribution in [3.63, 3.8) is 0 Å². The Balaban J connectivity index is 1.84. The zero-order valence-corrected chi connectivity index (χ0v) is 12.8. The van der Waals surface area contributed by atoms with Gasteiger partial charge in [-0.1, -0.05) is 39.3 Å². The molecule has 0 aliphatic heterocycles. The second-order valence-corrected chi connectivity index (χ2v) is 5.08. The second-order valence-electron chi connectivity index (χ2n) is 4.17. The minimum absolute atomic E-state index is 0.0471. The van der Waals surface area contributed by atoms with Crippen LogP contribution in [0, 0.1) is 0 Å². The van der Waals surface area contributed by atoms with Crippen molar-refractivity contribution in [1.82, 2.24) is 0 Å². The molecule has 5 nitrogen and oxygen atoms in total. The average Bonchev–Trinajstić information content (AvgIpc) is 2.51. The number of nitrogens with two attached hydrogens (primary N) is 1. The summed E-state index contributed by atoms with van der Waals surface area (Å²) in [5, 5.41) is 11.6. The third-order valence-corrected chi connectivity index (χ3v) is 3.15. The van der Waals surface area contributed by atoms with Gasteiger partial charge in [0.25, 0.3) is 0 Å². The van der Waals surface area contributed by atoms with E-state index in [1.54, 1.807) is 24.3 Å². The molecule has 0 heterocycles. The molecule has 0 aliphatic rings. The molecule has 3 N–H and O–H groups in total. The minimum Gasteiger partial charge on any atom is -0.490 e. The molecule has 21 heavy (non-hydrogen) atoms. The van der Waals surface area contributed by atoms with Gasteiger partial charge in [-0.25, -0.2) is 0 Å². The first-order valence-electron chi connectivity index (χ1n) is 6.28. The van der Waals surface area contributed by atoms with Crippen LogP contribution in [0.1, 0.15) is 5.56 Å². The summed E-state index contributed by atoms with van der Waals surface area (Å²) < 4.78 is 12.1. The van der Waals surface area contributed by atoms with Crippen molar-refractivity contribution in [3.8, 4) is 11.5 Å². The highest BCUT2D eigenvalue weighted by atomic mass is 79.9. The van der Waals surface area contributed by atoms with Crippen molar-refractivity contribution < 1.29 is 14.7 Å². The normalized spacial score (nSPS) is 11.2. The quantitative estimate of drug-likeness (QED) is 0.276. The molecule has 0 atom stereocenters. The summed E-state index contributed by atoms with van der Waals surface area (Å²) in [4.78, 5) is 0. The average molecular weight is 351 g/mol. The van der Waals surface area contributed by atoms with E-state index in [1.807, 2.05) is 24.3 Å². The fourth-order valence-electron chi connectivity index (χ4n) is 1.68. The molecule has 6 heteroatoms. The van der Waals surface area contributed by atoms with E-state index < -0.39 is 0 Å². The lowest BCUT2D eigenvalue weighted by Gasteiger charge is -2.09. The Labute approximate surface area is 131 Å². The van der Waals surface area contributed by atoms with Gasteiger partial charge in [0.2, 0.25) is 0 Å². The molecule has 0 aromatic heterocycles. The molecular formula is C15H15BrN2O3. The Morgan fingerprint density at radius 3 is 2.29 bits per heavy atom. The molecule has 0 amide bonds. The third-order valence-electron chi connectivity index (χ3n) is 2.65. The van der Waals surface area contributed by atoms with Gasteiger partial charge in [0.15, 0.2) is 5.84 Å². The molecule has 2 aromatic carbocycles. The van der Waals surface area contributed by atoms with Gasteiger partial charge in [0.1, 0.15) is 24.7 Å². The van der Waals surface area contributed by atoms with Crippen LogP contribution in [0.5, 0.6) is 11.5 Å². The van der Waals surface area contributed by atoms with Crippen LogP contribution < -0.4 is 15.2 Å². The summed E-state index contributed by atoms with van der Waals surface area (Å²) in [6, 6.07) is 14.6. The summed E-state index contributed by atoms with van der Waals surface area (Å²) in [6.45, 7) is 0.816. The molecule has 2 rings (SSSR count). The van der Waals surface area contributed by atoms with E-state index in [0.29, 0.717) is 24.5 Å². The molecule has 2 aromatic rings. The number of oxime groups is 1. The minimum atomic E-state index is 0.0471. The lowest BCUT2D eigenvalue weighted by molar-refractivity contribution is 0.217. The van der Waals surface area contributed by atoms with E-state index in [4.69, 9.17) is 20.4 Å². The van der Waals surface area contributed by atoms with E-state index in [1.165, 1.54) is 0 Å². The van der Waals surface area contributed by atoms with Crippen LogP contribution >= 0.6 is 15.9 Å². The van der Waals surface area contributed by atoms with Gasteiger partial charge >= 0.3 is 0 Å². The van der Waals surface area contributed by atoms with Crippen LogP contribution in [0.4, 0.5) is 0 Å². The molecule has 0 spiro atoms. The van der Waals surface area contributed by atoms with Gasteiger partial charge in [-0.15, -0.1) is 0 Å². The van der Waals surface area contributed by atoms with Crippen LogP contribution in [0.3, 0.4) is 0 Å². The van der Waals surface area contributed by atoms with Gasteiger partial charge in [-0.2, -0.15) is 0 Å². The van der Waals surface area contributed by atoms with E-state index in [0.717, 1.165) is 10.2 Å². The van der Waals surface area contributed by atoms with E-state index in [9.17, 15) is 0 Å². The summed E-state index contributed by atoms with van der Waals surface area (Å²) in [5.74, 6) is 1.46. The maximum Gasteiger partial charge on any atom is 0.170 e. The molecular weight excluding hydrogens is 336 g/mol. The number of amidine groups is 1. The zero-order valence-electron chi connectivity index (χ0n) is 11.2. The van der Waals surface area contributed by atoms with Crippen LogP contribution in [0.25, 0.3) is 0 Å². The monoisotopic (exact) mass is 350 g/mol. The molecule has 0 bridgehead atoms. The molecule has 0 fully saturated rings. The van der Waals surface area contributed by atoms with Crippen molar-refractivity contribution in [2.24, 2.45) is 10.9 Å². The Bertz CT molecular complexity index is 632. The maximum atomic E-state index is 8.64. The van der Waals surface area contributed by atoms with E-state index >= 15 is 0 Å². The largest absolute Gasteiger partial charge is 0.490 e. The van der Waals surface area contributed by atoms with Crippen molar-refractivity contribution in [2.45, 2.75) is 0 Å². The molecule has 0 radical (unpaired) electrons. The molecule has 0 unspecified atom stereocenters. The van der Waals surface area contributed by atoms with Crippen molar-refractivity contribution in [3.05, 3.63) is 58.6 Å². The van der Waals surface area contributed by atoms with Crippen LogP contribution in [-0.2, 0) is 0 Å². The first kappa shape index (κ1) is 15.2. The number of hydrogen-bond donors (Lipinski definition) is 2. The van der Waals surface area contributed by atoms with Crippen molar-refractivity contribution in [1.29, 1.82) is 0 Å². The number of ether oxygens (including phenoxy) is 2. The number of hydrogen-bond acceptors (Lipinski definition) is 4. The number of rotatable bonds is 6. The highest BCUT2D eigenvalue weighted by molar-refractivity contribution is 9.10. The molecule has 0 saturated heterocycles. The second kappa shape index (κ2) is 7.54. The fraction of sp³-hybridized carbons (Fsp3) is 0.133. The first-order valence-corrected chi connectivity index (χ1v) is 7.07. The summed E-state index contributed by atoms with van der Waals surface area (Å²) in [5.41, 5.74) is 6.12. The van der Waals surface area contributed by atoms with Gasteiger partial charge in [-0.05, 0) is 30.3 Å². The van der Waals surface area contributed by atoms with Crippen molar-refractivity contribution >= 4 is 21.8 Å². The lowest BCUT2D eigenvalue weighted by atomic mass is 10.2. The van der Waals surface area contributed by atoms with Gasteiger partial charge < -0.3 is 20.4 Å². The molecule has 0 aliphatic carbocycles. The lowest BCUT2D eigenvalue weighted by Crippen LogP contribution is -2.13. The van der Waals surface area contributed by atoms with Crippen LogP contribution in [0.2, 0.25) is 0 Å². The van der Waals surface area contributed by atoms with Gasteiger partial charge in [-0.3, -0.25) is 0 Å². The van der Waals surface area contributed by atoms with Crippen LogP contribution in [-0.4, -0.2) is 24.3 Å². The number of benzene rings is 2. The van der Waals surface area contributed by atoms with E-state index in [-0.39, 0.29) is 5.84 Å². The zero-order chi connectivity index (χ0) is 15.1. The summed E-state index contributed by atoms with van der Waals surface area (Å²) in [7, 11) is 0. The third kappa shape index (κ3) is 4.68. The smallest absolute Gasteiger partial charge is 0.170 e. The Morgan fingerprint density at radius 1 is 1.05 bits per heavy atom. The highest BCUT2D eigenvalue weighted by Crippen LogP contribution is 2.18. The molecule has 0 saturated carbocycles. The Morgan fingerprint density at radius 2 is 1.67 bits per heavy atom. The Hall–Kier alpha value is -2.21. The predicted molar refractivity (Wildman–Crippen MR) is 84.1 cm³/mol. The standard InChI is InChI=1S/C15H15BrN2O3/c16-12-4-2-6-14(10-12)21-8-7-20-13-5-1-3-11(9-13)15(17)18-19/h1-6,9-10,19H,7-8H2,(H2,17,18). The van der Waals surface area contributed by atoms with E-state index in [2.05, 4.69) is 21.1 Å². The highest BCUT2D eigenvalue weighted by Gasteiger charge is 2.01. The Kier molecular flexibility index (Phi) is 5.45. The summed E-state index contributed by atoms with van der Waals surface area (Å²) >= 11 is 3.38. The number of nitrogens with zero attached hydrogens (tertiary/aromatic N) is 1. The first-order chi connectivity index (χ1) is 10.2. The SMILES string of the molecule is NC(=NO)c1cccc(OCCOc2cccc(Br)c2)c1. The summed E-state index contributed by atoms with van der Waals surface area (Å²) in [6.07, 6.45) is 0. The molecule has 110 valence electrons. The van der Waals surface area contributed by atoms with Crippen molar-refractivity contribution in [2.75, 3.05) is 13.2 Å². The topological polar surface area (TPSA) is 77.1 Å². The van der Waals surface area contributed by atoms with Gasteiger partial charge in [0.05, 0.1) is 0 Å². The number of halogens is 1. The maximum absolute atomic E-state index is 8.64. The van der Waals surface area contributed by atoms with Crippen LogP contribution in [0.15, 0.2) is 58.2 Å². The predicted octanol–water partition coefficient (Wildman–Crippen LogP) is 3.00.